The fraction of sp³-hybridized carbons (Fsp3) is 0.235. The number of carbonyl (C=O) groups is 2. The van der Waals surface area contributed by atoms with E-state index in [9.17, 15) is 14.9 Å². The Balaban J connectivity index is 2.10. The Kier molecular flexibility index (Phi) is 7.20. The van der Waals surface area contributed by atoms with Crippen LogP contribution in [0.2, 0.25) is 0 Å². The van der Waals surface area contributed by atoms with Crippen molar-refractivity contribution < 1.29 is 19.1 Å². The smallest absolute Gasteiger partial charge is 0.348 e. The van der Waals surface area contributed by atoms with Gasteiger partial charge < -0.3 is 14.8 Å². The third-order valence-electron chi connectivity index (χ3n) is 3.23. The summed E-state index contributed by atoms with van der Waals surface area (Å²) in [5.74, 6) is -0.437. The van der Waals surface area contributed by atoms with Gasteiger partial charge in [-0.25, -0.2) is 4.79 Å². The molecular weight excluding hydrogens is 488 g/mol. The van der Waals surface area contributed by atoms with E-state index in [2.05, 4.69) is 37.2 Å². The highest BCUT2D eigenvalue weighted by atomic mass is 79.9. The summed E-state index contributed by atoms with van der Waals surface area (Å²) in [6.45, 7) is 3.34. The number of esters is 1. The van der Waals surface area contributed by atoms with Crippen molar-refractivity contribution in [3.8, 4) is 11.8 Å². The van der Waals surface area contributed by atoms with Gasteiger partial charge in [0.2, 0.25) is 0 Å². The highest BCUT2D eigenvalue weighted by Gasteiger charge is 2.22. The number of carbonyl (C=O) groups excluding carboxylic acids is 2. The summed E-state index contributed by atoms with van der Waals surface area (Å²) in [4.78, 5) is 24.4. The molecule has 0 aliphatic carbocycles. The van der Waals surface area contributed by atoms with E-state index in [1.54, 1.807) is 32.0 Å². The molecule has 2 aromatic rings. The zero-order valence-electron chi connectivity index (χ0n) is 13.9. The SMILES string of the molecule is CCOC(=O)c1sc(NC(=O)COc2ccc(Br)cc2Br)c(C#N)c1C. The maximum absolute atomic E-state index is 12.2. The predicted molar refractivity (Wildman–Crippen MR) is 106 cm³/mol. The topological polar surface area (TPSA) is 88.4 Å². The Labute approximate surface area is 171 Å². The molecule has 1 aromatic heterocycles. The van der Waals surface area contributed by atoms with Crippen molar-refractivity contribution in [3.05, 3.63) is 43.1 Å². The van der Waals surface area contributed by atoms with Crippen molar-refractivity contribution >= 4 is 60.1 Å². The van der Waals surface area contributed by atoms with Crippen molar-refractivity contribution in [3.63, 3.8) is 0 Å². The van der Waals surface area contributed by atoms with Crippen LogP contribution < -0.4 is 10.1 Å². The minimum Gasteiger partial charge on any atom is -0.483 e. The van der Waals surface area contributed by atoms with Gasteiger partial charge in [-0.05, 0) is 53.5 Å². The third kappa shape index (κ3) is 4.84. The highest BCUT2D eigenvalue weighted by molar-refractivity contribution is 9.11. The molecule has 26 heavy (non-hydrogen) atoms. The van der Waals surface area contributed by atoms with Gasteiger partial charge in [0, 0.05) is 4.47 Å². The first-order valence-electron chi connectivity index (χ1n) is 7.45. The van der Waals surface area contributed by atoms with E-state index < -0.39 is 11.9 Å². The van der Waals surface area contributed by atoms with Gasteiger partial charge in [-0.3, -0.25) is 4.79 Å². The minimum absolute atomic E-state index is 0.232. The summed E-state index contributed by atoms with van der Waals surface area (Å²) in [6.07, 6.45) is 0. The maximum atomic E-state index is 12.2. The molecule has 1 N–H and O–H groups in total. The number of anilines is 1. The van der Waals surface area contributed by atoms with Crippen LogP contribution in [0.3, 0.4) is 0 Å². The zero-order valence-corrected chi connectivity index (χ0v) is 17.9. The summed E-state index contributed by atoms with van der Waals surface area (Å²) >= 11 is 7.70. The average molecular weight is 502 g/mol. The van der Waals surface area contributed by atoms with E-state index in [1.165, 1.54) is 0 Å². The van der Waals surface area contributed by atoms with Crippen LogP contribution in [0.25, 0.3) is 0 Å². The number of nitrogens with one attached hydrogen (secondary N) is 1. The number of nitriles is 1. The largest absolute Gasteiger partial charge is 0.483 e. The Morgan fingerprint density at radius 3 is 2.69 bits per heavy atom. The second-order valence-corrected chi connectivity index (χ2v) is 7.79. The number of benzene rings is 1. The molecule has 0 unspecified atom stereocenters. The van der Waals surface area contributed by atoms with Crippen molar-refractivity contribution in [2.45, 2.75) is 13.8 Å². The van der Waals surface area contributed by atoms with Gasteiger partial charge in [0.15, 0.2) is 6.61 Å². The van der Waals surface area contributed by atoms with Crippen LogP contribution in [0, 0.1) is 18.3 Å². The number of hydrogen-bond acceptors (Lipinski definition) is 6. The minimum atomic E-state index is -0.512. The lowest BCUT2D eigenvalue weighted by Crippen LogP contribution is -2.20. The van der Waals surface area contributed by atoms with Crippen LogP contribution >= 0.6 is 43.2 Å². The molecular formula is C17H14Br2N2O4S. The number of thiophene rings is 1. The summed E-state index contributed by atoms with van der Waals surface area (Å²) in [5, 5.41) is 12.2. The monoisotopic (exact) mass is 500 g/mol. The van der Waals surface area contributed by atoms with Crippen LogP contribution in [0.5, 0.6) is 5.75 Å². The maximum Gasteiger partial charge on any atom is 0.348 e. The number of nitrogens with zero attached hydrogens (tertiary/aromatic N) is 1. The van der Waals surface area contributed by atoms with Gasteiger partial charge in [-0.1, -0.05) is 15.9 Å². The van der Waals surface area contributed by atoms with E-state index in [1.807, 2.05) is 6.07 Å². The summed E-state index contributed by atoms with van der Waals surface area (Å²) in [7, 11) is 0. The Morgan fingerprint density at radius 2 is 2.08 bits per heavy atom. The van der Waals surface area contributed by atoms with E-state index in [0.29, 0.717) is 25.7 Å². The number of rotatable bonds is 6. The van der Waals surface area contributed by atoms with Crippen LogP contribution in [-0.4, -0.2) is 25.1 Å². The van der Waals surface area contributed by atoms with E-state index in [4.69, 9.17) is 9.47 Å². The number of halogens is 2. The molecule has 136 valence electrons. The van der Waals surface area contributed by atoms with Crippen molar-refractivity contribution in [2.24, 2.45) is 0 Å². The molecule has 0 aliphatic rings. The van der Waals surface area contributed by atoms with Gasteiger partial charge in [-0.2, -0.15) is 5.26 Å². The van der Waals surface area contributed by atoms with E-state index in [0.717, 1.165) is 15.8 Å². The fourth-order valence-corrected chi connectivity index (χ4v) is 4.25. The Bertz CT molecular complexity index is 890. The second kappa shape index (κ2) is 9.16. The molecule has 2 rings (SSSR count). The van der Waals surface area contributed by atoms with Gasteiger partial charge in [0.25, 0.3) is 5.91 Å². The first-order valence-corrected chi connectivity index (χ1v) is 9.85. The predicted octanol–water partition coefficient (Wildman–Crippen LogP) is 4.65. The lowest BCUT2D eigenvalue weighted by atomic mass is 10.2. The van der Waals surface area contributed by atoms with Crippen molar-refractivity contribution in [2.75, 3.05) is 18.5 Å². The molecule has 0 atom stereocenters. The molecule has 0 aliphatic heterocycles. The second-order valence-electron chi connectivity index (χ2n) is 5.00. The molecule has 9 heteroatoms. The molecule has 0 fully saturated rings. The van der Waals surface area contributed by atoms with Gasteiger partial charge in [-0.15, -0.1) is 11.3 Å². The number of ether oxygens (including phenoxy) is 2. The van der Waals surface area contributed by atoms with Gasteiger partial charge >= 0.3 is 5.97 Å². The van der Waals surface area contributed by atoms with Crippen LogP contribution in [0.4, 0.5) is 5.00 Å². The molecule has 1 amide bonds. The van der Waals surface area contributed by atoms with Crippen LogP contribution in [0.1, 0.15) is 27.7 Å². The van der Waals surface area contributed by atoms with E-state index >= 15 is 0 Å². The quantitative estimate of drug-likeness (QED) is 0.582. The van der Waals surface area contributed by atoms with Crippen molar-refractivity contribution in [1.29, 1.82) is 5.26 Å². The Morgan fingerprint density at radius 1 is 1.35 bits per heavy atom. The molecule has 0 saturated heterocycles. The standard InChI is InChI=1S/C17H14Br2N2O4S/c1-3-24-17(23)15-9(2)11(7-20)16(26-15)21-14(22)8-25-13-5-4-10(18)6-12(13)19/h4-6H,3,8H2,1-2H3,(H,21,22). The molecule has 6 nitrogen and oxygen atoms in total. The Hall–Kier alpha value is -1.89. The first-order chi connectivity index (χ1) is 12.4. The summed E-state index contributed by atoms with van der Waals surface area (Å²) in [5.41, 5.74) is 0.735. The summed E-state index contributed by atoms with van der Waals surface area (Å²) in [6, 6.07) is 7.32. The lowest BCUT2D eigenvalue weighted by molar-refractivity contribution is -0.118. The zero-order chi connectivity index (χ0) is 19.3. The molecule has 0 radical (unpaired) electrons. The molecule has 0 bridgehead atoms. The number of hydrogen-bond donors (Lipinski definition) is 1. The number of amides is 1. The van der Waals surface area contributed by atoms with Gasteiger partial charge in [0.1, 0.15) is 21.7 Å². The molecule has 1 heterocycles. The van der Waals surface area contributed by atoms with E-state index in [-0.39, 0.29) is 18.8 Å². The molecule has 0 spiro atoms. The third-order valence-corrected chi connectivity index (χ3v) is 5.53. The molecule has 0 saturated carbocycles. The van der Waals surface area contributed by atoms with Crippen LogP contribution in [0.15, 0.2) is 27.1 Å². The molecule has 1 aromatic carbocycles. The first kappa shape index (κ1) is 20.4. The normalized spacial score (nSPS) is 10.1. The van der Waals surface area contributed by atoms with Gasteiger partial charge in [0.05, 0.1) is 16.6 Å². The van der Waals surface area contributed by atoms with Crippen LogP contribution in [-0.2, 0) is 9.53 Å². The highest BCUT2D eigenvalue weighted by Crippen LogP contribution is 2.33. The summed E-state index contributed by atoms with van der Waals surface area (Å²) < 4.78 is 12.0. The fourth-order valence-electron chi connectivity index (χ4n) is 2.03. The van der Waals surface area contributed by atoms with Crippen molar-refractivity contribution in [1.82, 2.24) is 0 Å². The average Bonchev–Trinajstić information content (AvgIpc) is 2.89. The lowest BCUT2D eigenvalue weighted by Gasteiger charge is -2.08.